The first kappa shape index (κ1) is 16.5. The lowest BCUT2D eigenvalue weighted by molar-refractivity contribution is 0.0906. The topological polar surface area (TPSA) is 50.4 Å². The highest BCUT2D eigenvalue weighted by molar-refractivity contribution is 5.94. The third-order valence-electron chi connectivity index (χ3n) is 2.90. The number of benzene rings is 1. The average Bonchev–Trinajstić information content (AvgIpc) is 2.43. The fourth-order valence-corrected chi connectivity index (χ4v) is 1.70. The molecule has 1 aromatic carbocycles. The Bertz CT molecular complexity index is 388. The Morgan fingerprint density at radius 2 is 1.90 bits per heavy atom. The molecule has 0 unspecified atom stereocenters. The molecule has 0 aliphatic heterocycles. The van der Waals surface area contributed by atoms with Gasteiger partial charge in [0.15, 0.2) is 0 Å². The summed E-state index contributed by atoms with van der Waals surface area (Å²) in [5.41, 5.74) is 1.70. The van der Waals surface area contributed by atoms with Crippen LogP contribution in [0.3, 0.4) is 0 Å². The van der Waals surface area contributed by atoms with Crippen LogP contribution < -0.4 is 10.6 Å². The number of hydrogen-bond acceptors (Lipinski definition) is 3. The number of amides is 1. The van der Waals surface area contributed by atoms with Gasteiger partial charge in [-0.05, 0) is 43.5 Å². The zero-order chi connectivity index (χ0) is 14.8. The second-order valence-electron chi connectivity index (χ2n) is 5.16. The van der Waals surface area contributed by atoms with Gasteiger partial charge in [0.25, 0.3) is 5.91 Å². The molecule has 20 heavy (non-hydrogen) atoms. The summed E-state index contributed by atoms with van der Waals surface area (Å²) in [7, 11) is 0. The van der Waals surface area contributed by atoms with Crippen molar-refractivity contribution in [2.24, 2.45) is 5.92 Å². The molecule has 0 aromatic heterocycles. The summed E-state index contributed by atoms with van der Waals surface area (Å²) >= 11 is 0. The van der Waals surface area contributed by atoms with E-state index in [4.69, 9.17) is 4.74 Å². The third-order valence-corrected chi connectivity index (χ3v) is 2.90. The van der Waals surface area contributed by atoms with Gasteiger partial charge in [-0.1, -0.05) is 13.8 Å². The van der Waals surface area contributed by atoms with Crippen LogP contribution in [0.25, 0.3) is 0 Å². The number of anilines is 1. The van der Waals surface area contributed by atoms with Crippen LogP contribution >= 0.6 is 0 Å². The summed E-state index contributed by atoms with van der Waals surface area (Å²) in [4.78, 5) is 11.9. The molecule has 4 heteroatoms. The van der Waals surface area contributed by atoms with Gasteiger partial charge in [-0.3, -0.25) is 4.79 Å². The Labute approximate surface area is 121 Å². The summed E-state index contributed by atoms with van der Waals surface area (Å²) in [6.07, 6.45) is 1.06. The van der Waals surface area contributed by atoms with Crippen molar-refractivity contribution in [2.45, 2.75) is 27.2 Å². The van der Waals surface area contributed by atoms with Gasteiger partial charge >= 0.3 is 0 Å². The van der Waals surface area contributed by atoms with Gasteiger partial charge in [0.05, 0.1) is 6.61 Å². The van der Waals surface area contributed by atoms with E-state index in [1.165, 1.54) is 0 Å². The first-order valence-electron chi connectivity index (χ1n) is 7.33. The predicted octanol–water partition coefficient (Wildman–Crippen LogP) is 2.91. The van der Waals surface area contributed by atoms with Crippen molar-refractivity contribution in [1.82, 2.24) is 5.32 Å². The van der Waals surface area contributed by atoms with Crippen LogP contribution in [0.1, 0.15) is 37.6 Å². The number of rotatable bonds is 9. The fraction of sp³-hybridized carbons (Fsp3) is 0.562. The lowest BCUT2D eigenvalue weighted by Crippen LogP contribution is -2.27. The molecule has 0 atom stereocenters. The smallest absolute Gasteiger partial charge is 0.251 e. The number of nitrogens with one attached hydrogen (secondary N) is 2. The van der Waals surface area contributed by atoms with Crippen LogP contribution in [0.4, 0.5) is 5.69 Å². The largest absolute Gasteiger partial charge is 0.385 e. The molecule has 0 spiro atoms. The molecule has 1 rings (SSSR count). The molecule has 4 nitrogen and oxygen atoms in total. The predicted molar refractivity (Wildman–Crippen MR) is 83.2 cm³/mol. The minimum Gasteiger partial charge on any atom is -0.385 e. The first-order valence-corrected chi connectivity index (χ1v) is 7.33. The van der Waals surface area contributed by atoms with Gasteiger partial charge in [0.1, 0.15) is 0 Å². The van der Waals surface area contributed by atoms with Crippen LogP contribution in [0.5, 0.6) is 0 Å². The lowest BCUT2D eigenvalue weighted by Gasteiger charge is -2.08. The molecule has 0 heterocycles. The maximum Gasteiger partial charge on any atom is 0.251 e. The third kappa shape index (κ3) is 6.57. The molecule has 0 bridgehead atoms. The highest BCUT2D eigenvalue weighted by atomic mass is 16.5. The van der Waals surface area contributed by atoms with E-state index in [1.807, 2.05) is 31.2 Å². The van der Waals surface area contributed by atoms with E-state index in [0.29, 0.717) is 24.6 Å². The summed E-state index contributed by atoms with van der Waals surface area (Å²) < 4.78 is 5.46. The van der Waals surface area contributed by atoms with E-state index in [2.05, 4.69) is 24.5 Å². The van der Waals surface area contributed by atoms with Crippen molar-refractivity contribution >= 4 is 11.6 Å². The number of carbonyl (C=O) groups excluding carboxylic acids is 1. The molecule has 2 N–H and O–H groups in total. The van der Waals surface area contributed by atoms with Crippen molar-refractivity contribution < 1.29 is 9.53 Å². The van der Waals surface area contributed by atoms with Crippen LogP contribution in [0.2, 0.25) is 0 Å². The van der Waals surface area contributed by atoms with Crippen molar-refractivity contribution in [3.05, 3.63) is 29.8 Å². The van der Waals surface area contributed by atoms with Gasteiger partial charge < -0.3 is 15.4 Å². The molecule has 0 saturated carbocycles. The van der Waals surface area contributed by atoms with Gasteiger partial charge in [0, 0.05) is 30.9 Å². The van der Waals surface area contributed by atoms with Gasteiger partial charge in [-0.2, -0.15) is 0 Å². The second kappa shape index (κ2) is 9.37. The number of hydrogen-bond donors (Lipinski definition) is 2. The first-order chi connectivity index (χ1) is 9.63. The molecule has 1 aromatic rings. The van der Waals surface area contributed by atoms with Crippen LogP contribution in [0.15, 0.2) is 24.3 Å². The molecule has 0 fully saturated rings. The van der Waals surface area contributed by atoms with Crippen LogP contribution in [0, 0.1) is 5.92 Å². The molecule has 1 amide bonds. The minimum atomic E-state index is -0.0551. The summed E-state index contributed by atoms with van der Waals surface area (Å²) in [5.74, 6) is 0.598. The molecular formula is C16H26N2O2. The molecule has 0 saturated heterocycles. The monoisotopic (exact) mass is 278 g/mol. The Morgan fingerprint density at radius 1 is 1.20 bits per heavy atom. The molecule has 0 radical (unpaired) electrons. The maximum atomic E-state index is 11.9. The van der Waals surface area contributed by atoms with Crippen molar-refractivity contribution in [3.8, 4) is 0 Å². The van der Waals surface area contributed by atoms with Gasteiger partial charge in [0.2, 0.25) is 0 Å². The summed E-state index contributed by atoms with van der Waals surface area (Å²) in [5, 5.41) is 6.05. The van der Waals surface area contributed by atoms with E-state index in [1.54, 1.807) is 0 Å². The second-order valence-corrected chi connectivity index (χ2v) is 5.16. The maximum absolute atomic E-state index is 11.9. The minimum absolute atomic E-state index is 0.0551. The highest BCUT2D eigenvalue weighted by Gasteiger charge is 2.04. The Balaban J connectivity index is 2.22. The van der Waals surface area contributed by atoms with Gasteiger partial charge in [-0.25, -0.2) is 0 Å². The Morgan fingerprint density at radius 3 is 2.50 bits per heavy atom. The van der Waals surface area contributed by atoms with Crippen molar-refractivity contribution in [2.75, 3.05) is 31.6 Å². The molecule has 0 aliphatic rings. The lowest BCUT2D eigenvalue weighted by atomic mass is 10.1. The molecular weight excluding hydrogens is 252 g/mol. The average molecular weight is 278 g/mol. The van der Waals surface area contributed by atoms with E-state index in [0.717, 1.165) is 25.3 Å². The van der Waals surface area contributed by atoms with Gasteiger partial charge in [-0.15, -0.1) is 0 Å². The zero-order valence-corrected chi connectivity index (χ0v) is 12.7. The van der Waals surface area contributed by atoms with E-state index >= 15 is 0 Å². The quantitative estimate of drug-likeness (QED) is 0.683. The molecule has 0 aliphatic carbocycles. The summed E-state index contributed by atoms with van der Waals surface area (Å²) in [6.45, 7) is 9.12. The molecule has 112 valence electrons. The van der Waals surface area contributed by atoms with Crippen LogP contribution in [-0.4, -0.2) is 32.2 Å². The number of ether oxygens (including phenoxy) is 1. The van der Waals surface area contributed by atoms with Crippen LogP contribution in [-0.2, 0) is 4.74 Å². The van der Waals surface area contributed by atoms with E-state index in [9.17, 15) is 4.79 Å². The Hall–Kier alpha value is -1.55. The zero-order valence-electron chi connectivity index (χ0n) is 12.7. The van der Waals surface area contributed by atoms with Crippen molar-refractivity contribution in [3.63, 3.8) is 0 Å². The Kier molecular flexibility index (Phi) is 7.73. The fourth-order valence-electron chi connectivity index (χ4n) is 1.70. The SMILES string of the molecule is CCNc1ccc(C(=O)NCCOCCC(C)C)cc1. The standard InChI is InChI=1S/C16H26N2O2/c1-4-17-15-7-5-14(6-8-15)16(19)18-10-12-20-11-9-13(2)3/h5-8,13,17H,4,9-12H2,1-3H3,(H,18,19). The normalized spacial score (nSPS) is 10.6. The van der Waals surface area contributed by atoms with Crippen molar-refractivity contribution in [1.29, 1.82) is 0 Å². The number of carbonyl (C=O) groups is 1. The highest BCUT2D eigenvalue weighted by Crippen LogP contribution is 2.08. The van der Waals surface area contributed by atoms with E-state index < -0.39 is 0 Å². The summed E-state index contributed by atoms with van der Waals surface area (Å²) in [6, 6.07) is 7.48. The van der Waals surface area contributed by atoms with E-state index in [-0.39, 0.29) is 5.91 Å².